The molecule has 1 aromatic carbocycles. The Morgan fingerprint density at radius 3 is 2.74 bits per heavy atom. The molecule has 142 valence electrons. The van der Waals surface area contributed by atoms with Gasteiger partial charge in [-0.1, -0.05) is 29.3 Å². The fourth-order valence-corrected chi connectivity index (χ4v) is 3.04. The molecule has 0 spiro atoms. The van der Waals surface area contributed by atoms with Crippen LogP contribution in [0, 0.1) is 19.7 Å². The van der Waals surface area contributed by atoms with Crippen molar-refractivity contribution in [3.63, 3.8) is 0 Å². The van der Waals surface area contributed by atoms with Gasteiger partial charge in [-0.05, 0) is 26.0 Å². The summed E-state index contributed by atoms with van der Waals surface area (Å²) in [5.74, 6) is -0.575. The highest BCUT2D eigenvalue weighted by atomic mass is 35.5. The second-order valence-electron chi connectivity index (χ2n) is 6.13. The van der Waals surface area contributed by atoms with Gasteiger partial charge in [0.25, 0.3) is 0 Å². The number of hydrogen-bond acceptors (Lipinski definition) is 3. The topological polar surface area (TPSA) is 64.7 Å². The Morgan fingerprint density at radius 2 is 2.07 bits per heavy atom. The summed E-state index contributed by atoms with van der Waals surface area (Å²) < 4.78 is 17.1. The van der Waals surface area contributed by atoms with E-state index in [0.29, 0.717) is 27.8 Å². The summed E-state index contributed by atoms with van der Waals surface area (Å²) in [5.41, 5.74) is 2.44. The van der Waals surface area contributed by atoms with Crippen LogP contribution in [-0.4, -0.2) is 25.5 Å². The van der Waals surface area contributed by atoms with Crippen LogP contribution in [0.4, 0.5) is 10.1 Å². The van der Waals surface area contributed by atoms with Gasteiger partial charge in [-0.15, -0.1) is 0 Å². The molecule has 0 radical (unpaired) electrons. The molecule has 9 heteroatoms. The second kappa shape index (κ2) is 8.10. The zero-order valence-corrected chi connectivity index (χ0v) is 16.4. The summed E-state index contributed by atoms with van der Waals surface area (Å²) >= 11 is 12.1. The van der Waals surface area contributed by atoms with Crippen LogP contribution in [-0.2, 0) is 17.9 Å². The molecule has 0 saturated carbocycles. The van der Waals surface area contributed by atoms with Gasteiger partial charge in [-0.25, -0.2) is 4.39 Å². The van der Waals surface area contributed by atoms with Gasteiger partial charge in [-0.2, -0.15) is 10.2 Å². The van der Waals surface area contributed by atoms with Crippen molar-refractivity contribution in [2.24, 2.45) is 0 Å². The van der Waals surface area contributed by atoms with E-state index in [2.05, 4.69) is 15.5 Å². The van der Waals surface area contributed by atoms with Gasteiger partial charge in [0.1, 0.15) is 5.82 Å². The van der Waals surface area contributed by atoms with Gasteiger partial charge in [0.05, 0.1) is 41.4 Å². The maximum atomic E-state index is 13.9. The average molecular weight is 410 g/mol. The molecular formula is C18H18Cl2FN5O. The first-order valence-corrected chi connectivity index (χ1v) is 9.05. The normalized spacial score (nSPS) is 11.0. The SMILES string of the molecule is Cc1nn(CCC(=O)Nc2cnn(Cc3c(F)cccc3Cl)c2)c(C)c1Cl. The number of nitrogens with one attached hydrogen (secondary N) is 1. The molecule has 0 aliphatic rings. The van der Waals surface area contributed by atoms with Gasteiger partial charge >= 0.3 is 0 Å². The molecule has 2 heterocycles. The van der Waals surface area contributed by atoms with Gasteiger partial charge < -0.3 is 5.32 Å². The Bertz CT molecular complexity index is 962. The van der Waals surface area contributed by atoms with Gasteiger partial charge in [0.15, 0.2) is 0 Å². The van der Waals surface area contributed by atoms with E-state index in [1.54, 1.807) is 23.0 Å². The minimum absolute atomic E-state index is 0.172. The Labute approximate surface area is 165 Å². The molecule has 27 heavy (non-hydrogen) atoms. The zero-order chi connectivity index (χ0) is 19.6. The number of carbonyl (C=O) groups is 1. The van der Waals surface area contributed by atoms with Crippen LogP contribution in [0.3, 0.4) is 0 Å². The van der Waals surface area contributed by atoms with E-state index >= 15 is 0 Å². The van der Waals surface area contributed by atoms with Crippen molar-refractivity contribution in [1.82, 2.24) is 19.6 Å². The molecule has 3 rings (SSSR count). The van der Waals surface area contributed by atoms with E-state index in [1.165, 1.54) is 16.9 Å². The molecule has 0 unspecified atom stereocenters. The minimum atomic E-state index is -0.396. The fourth-order valence-electron chi connectivity index (χ4n) is 2.68. The number of hydrogen-bond donors (Lipinski definition) is 1. The summed E-state index contributed by atoms with van der Waals surface area (Å²) in [7, 11) is 0. The lowest BCUT2D eigenvalue weighted by molar-refractivity contribution is -0.116. The van der Waals surface area contributed by atoms with Crippen LogP contribution in [0.25, 0.3) is 0 Å². The molecule has 0 saturated heterocycles. The Kier molecular flexibility index (Phi) is 5.82. The van der Waals surface area contributed by atoms with Crippen molar-refractivity contribution in [1.29, 1.82) is 0 Å². The van der Waals surface area contributed by atoms with Gasteiger partial charge in [0, 0.05) is 23.2 Å². The highest BCUT2D eigenvalue weighted by molar-refractivity contribution is 6.32. The van der Waals surface area contributed by atoms with E-state index in [9.17, 15) is 9.18 Å². The number of amides is 1. The zero-order valence-electron chi connectivity index (χ0n) is 14.8. The average Bonchev–Trinajstić information content (AvgIpc) is 3.16. The monoisotopic (exact) mass is 409 g/mol. The van der Waals surface area contributed by atoms with Crippen molar-refractivity contribution in [2.75, 3.05) is 5.32 Å². The minimum Gasteiger partial charge on any atom is -0.323 e. The summed E-state index contributed by atoms with van der Waals surface area (Å²) in [6.07, 6.45) is 3.37. The lowest BCUT2D eigenvalue weighted by atomic mass is 10.2. The number of carbonyl (C=O) groups excluding carboxylic acids is 1. The van der Waals surface area contributed by atoms with Crippen LogP contribution in [0.2, 0.25) is 10.0 Å². The van der Waals surface area contributed by atoms with E-state index in [-0.39, 0.29) is 18.9 Å². The standard InChI is InChI=1S/C18H18Cl2FN5O/c1-11-18(20)12(2)26(24-11)7-6-17(27)23-13-8-22-25(9-13)10-14-15(19)4-3-5-16(14)21/h3-5,8-9H,6-7,10H2,1-2H3,(H,23,27). The lowest BCUT2D eigenvalue weighted by Crippen LogP contribution is -2.15. The van der Waals surface area contributed by atoms with Crippen molar-refractivity contribution in [2.45, 2.75) is 33.4 Å². The van der Waals surface area contributed by atoms with Gasteiger partial charge in [-0.3, -0.25) is 14.2 Å². The Morgan fingerprint density at radius 1 is 1.30 bits per heavy atom. The van der Waals surface area contributed by atoms with Crippen LogP contribution in [0.1, 0.15) is 23.4 Å². The molecule has 0 aliphatic heterocycles. The third-order valence-corrected chi connectivity index (χ3v) is 5.04. The predicted octanol–water partition coefficient (Wildman–Crippen LogP) is 4.22. The first-order chi connectivity index (χ1) is 12.8. The highest BCUT2D eigenvalue weighted by Crippen LogP contribution is 2.21. The summed E-state index contributed by atoms with van der Waals surface area (Å²) in [6.45, 7) is 4.27. The third kappa shape index (κ3) is 4.48. The molecule has 0 fully saturated rings. The van der Waals surface area contributed by atoms with E-state index in [1.807, 2.05) is 13.8 Å². The summed E-state index contributed by atoms with van der Waals surface area (Å²) in [4.78, 5) is 12.2. The number of aryl methyl sites for hydroxylation is 2. The molecule has 0 atom stereocenters. The lowest BCUT2D eigenvalue weighted by Gasteiger charge is -2.06. The number of halogens is 3. The maximum Gasteiger partial charge on any atom is 0.226 e. The summed E-state index contributed by atoms with van der Waals surface area (Å²) in [5, 5.41) is 12.1. The first kappa shape index (κ1) is 19.4. The van der Waals surface area contributed by atoms with Crippen molar-refractivity contribution >= 4 is 34.8 Å². The van der Waals surface area contributed by atoms with E-state index in [4.69, 9.17) is 23.2 Å². The Balaban J connectivity index is 1.58. The van der Waals surface area contributed by atoms with Crippen LogP contribution in [0.15, 0.2) is 30.6 Å². The van der Waals surface area contributed by atoms with Crippen molar-refractivity contribution in [3.8, 4) is 0 Å². The van der Waals surface area contributed by atoms with Gasteiger partial charge in [0.2, 0.25) is 5.91 Å². The first-order valence-electron chi connectivity index (χ1n) is 8.30. The predicted molar refractivity (Wildman–Crippen MR) is 103 cm³/mol. The summed E-state index contributed by atoms with van der Waals surface area (Å²) in [6, 6.07) is 4.52. The number of benzene rings is 1. The highest BCUT2D eigenvalue weighted by Gasteiger charge is 2.12. The number of nitrogens with zero attached hydrogens (tertiary/aromatic N) is 4. The van der Waals surface area contributed by atoms with Crippen LogP contribution >= 0.6 is 23.2 Å². The fraction of sp³-hybridized carbons (Fsp3) is 0.278. The molecule has 3 aromatic rings. The van der Waals surface area contributed by atoms with E-state index < -0.39 is 5.82 Å². The van der Waals surface area contributed by atoms with Crippen molar-refractivity contribution in [3.05, 3.63) is 63.4 Å². The molecule has 1 N–H and O–H groups in total. The number of aromatic nitrogens is 4. The molecule has 0 bridgehead atoms. The van der Waals surface area contributed by atoms with Crippen molar-refractivity contribution < 1.29 is 9.18 Å². The molecular weight excluding hydrogens is 392 g/mol. The van der Waals surface area contributed by atoms with Crippen LogP contribution < -0.4 is 5.32 Å². The number of anilines is 1. The third-order valence-electron chi connectivity index (χ3n) is 4.14. The largest absolute Gasteiger partial charge is 0.323 e. The van der Waals surface area contributed by atoms with Crippen LogP contribution in [0.5, 0.6) is 0 Å². The van der Waals surface area contributed by atoms with E-state index in [0.717, 1.165) is 11.4 Å². The molecule has 0 aliphatic carbocycles. The quantitative estimate of drug-likeness (QED) is 0.662. The number of rotatable bonds is 6. The maximum absolute atomic E-state index is 13.9. The second-order valence-corrected chi connectivity index (χ2v) is 6.92. The Hall–Kier alpha value is -2.38. The molecule has 1 amide bonds. The smallest absolute Gasteiger partial charge is 0.226 e. The molecule has 6 nitrogen and oxygen atoms in total. The molecule has 2 aromatic heterocycles.